The van der Waals surface area contributed by atoms with E-state index in [4.69, 9.17) is 4.74 Å². The SMILES string of the molecule is COc1cc(C(C)C)ccc1NCC(CO)C(C)C. The lowest BCUT2D eigenvalue weighted by molar-refractivity contribution is 0.198. The fourth-order valence-corrected chi connectivity index (χ4v) is 1.97. The van der Waals surface area contributed by atoms with Crippen LogP contribution < -0.4 is 10.1 Å². The molecule has 19 heavy (non-hydrogen) atoms. The Morgan fingerprint density at radius 1 is 1.21 bits per heavy atom. The van der Waals surface area contributed by atoms with Crippen LogP contribution in [0.4, 0.5) is 5.69 Å². The van der Waals surface area contributed by atoms with E-state index in [2.05, 4.69) is 51.2 Å². The molecule has 108 valence electrons. The lowest BCUT2D eigenvalue weighted by atomic mass is 9.96. The van der Waals surface area contributed by atoms with Crippen molar-refractivity contribution < 1.29 is 9.84 Å². The molecule has 1 atom stereocenters. The minimum absolute atomic E-state index is 0.205. The first-order valence-corrected chi connectivity index (χ1v) is 7.02. The van der Waals surface area contributed by atoms with E-state index in [9.17, 15) is 5.11 Å². The number of nitrogens with one attached hydrogen (secondary N) is 1. The van der Waals surface area contributed by atoms with Gasteiger partial charge in [-0.3, -0.25) is 0 Å². The molecule has 0 amide bonds. The van der Waals surface area contributed by atoms with E-state index in [0.717, 1.165) is 18.0 Å². The van der Waals surface area contributed by atoms with Crippen LogP contribution in [0.1, 0.15) is 39.2 Å². The summed E-state index contributed by atoms with van der Waals surface area (Å²) in [5.74, 6) is 2.07. The van der Waals surface area contributed by atoms with Gasteiger partial charge in [0.2, 0.25) is 0 Å². The molecule has 1 aromatic carbocycles. The van der Waals surface area contributed by atoms with Crippen molar-refractivity contribution in [2.75, 3.05) is 25.6 Å². The van der Waals surface area contributed by atoms with Gasteiger partial charge in [0, 0.05) is 19.1 Å². The van der Waals surface area contributed by atoms with Crippen molar-refractivity contribution in [3.63, 3.8) is 0 Å². The van der Waals surface area contributed by atoms with Gasteiger partial charge in [-0.15, -0.1) is 0 Å². The van der Waals surface area contributed by atoms with Gasteiger partial charge in [-0.05, 0) is 29.5 Å². The maximum atomic E-state index is 9.35. The monoisotopic (exact) mass is 265 g/mol. The molecule has 0 fully saturated rings. The van der Waals surface area contributed by atoms with Crippen molar-refractivity contribution >= 4 is 5.69 Å². The molecule has 1 rings (SSSR count). The standard InChI is InChI=1S/C16H27NO2/c1-11(2)13-6-7-15(16(8-13)19-5)17-9-14(10-18)12(3)4/h6-8,11-12,14,17-18H,9-10H2,1-5H3. The Labute approximate surface area is 117 Å². The van der Waals surface area contributed by atoms with Gasteiger partial charge in [-0.25, -0.2) is 0 Å². The second-order valence-corrected chi connectivity index (χ2v) is 5.68. The van der Waals surface area contributed by atoms with Gasteiger partial charge >= 0.3 is 0 Å². The molecule has 1 unspecified atom stereocenters. The van der Waals surface area contributed by atoms with Crippen LogP contribution in [0.25, 0.3) is 0 Å². The summed E-state index contributed by atoms with van der Waals surface area (Å²) in [4.78, 5) is 0. The third-order valence-electron chi connectivity index (χ3n) is 3.62. The van der Waals surface area contributed by atoms with Gasteiger partial charge in [0.1, 0.15) is 5.75 Å². The van der Waals surface area contributed by atoms with E-state index in [0.29, 0.717) is 11.8 Å². The van der Waals surface area contributed by atoms with Crippen LogP contribution in [0.3, 0.4) is 0 Å². The first-order valence-electron chi connectivity index (χ1n) is 7.02. The zero-order chi connectivity index (χ0) is 14.4. The van der Waals surface area contributed by atoms with E-state index in [1.54, 1.807) is 7.11 Å². The van der Waals surface area contributed by atoms with Gasteiger partial charge in [-0.1, -0.05) is 33.8 Å². The Bertz CT molecular complexity index is 388. The van der Waals surface area contributed by atoms with Crippen molar-refractivity contribution in [2.45, 2.75) is 33.6 Å². The summed E-state index contributed by atoms with van der Waals surface area (Å²) in [6, 6.07) is 6.26. The van der Waals surface area contributed by atoms with E-state index >= 15 is 0 Å². The molecule has 2 N–H and O–H groups in total. The van der Waals surface area contributed by atoms with E-state index in [-0.39, 0.29) is 12.5 Å². The molecule has 0 aliphatic carbocycles. The zero-order valence-electron chi connectivity index (χ0n) is 12.7. The third-order valence-corrected chi connectivity index (χ3v) is 3.62. The van der Waals surface area contributed by atoms with Crippen molar-refractivity contribution in [3.05, 3.63) is 23.8 Å². The highest BCUT2D eigenvalue weighted by Gasteiger charge is 2.13. The highest BCUT2D eigenvalue weighted by atomic mass is 16.5. The summed E-state index contributed by atoms with van der Waals surface area (Å²) in [6.45, 7) is 9.55. The zero-order valence-corrected chi connectivity index (χ0v) is 12.7. The Morgan fingerprint density at radius 2 is 1.89 bits per heavy atom. The lowest BCUT2D eigenvalue weighted by Crippen LogP contribution is -2.23. The van der Waals surface area contributed by atoms with Gasteiger partial charge in [0.15, 0.2) is 0 Å². The van der Waals surface area contributed by atoms with Crippen molar-refractivity contribution in [1.82, 2.24) is 0 Å². The number of hydrogen-bond donors (Lipinski definition) is 2. The quantitative estimate of drug-likeness (QED) is 0.793. The van der Waals surface area contributed by atoms with Gasteiger partial charge in [-0.2, -0.15) is 0 Å². The van der Waals surface area contributed by atoms with Crippen LogP contribution in [0.2, 0.25) is 0 Å². The molecule has 0 saturated heterocycles. The molecular formula is C16H27NO2. The van der Waals surface area contributed by atoms with Crippen molar-refractivity contribution in [1.29, 1.82) is 0 Å². The summed E-state index contributed by atoms with van der Waals surface area (Å²) in [5, 5.41) is 12.7. The average molecular weight is 265 g/mol. The van der Waals surface area contributed by atoms with Crippen molar-refractivity contribution in [3.8, 4) is 5.75 Å². The molecule has 0 heterocycles. The average Bonchev–Trinajstić information content (AvgIpc) is 2.38. The van der Waals surface area contributed by atoms with Gasteiger partial charge < -0.3 is 15.2 Å². The van der Waals surface area contributed by atoms with Crippen LogP contribution in [0.15, 0.2) is 18.2 Å². The minimum atomic E-state index is 0.205. The summed E-state index contributed by atoms with van der Waals surface area (Å²) in [5.41, 5.74) is 2.26. The highest BCUT2D eigenvalue weighted by molar-refractivity contribution is 5.58. The Kier molecular flexibility index (Phi) is 6.16. The van der Waals surface area contributed by atoms with Crippen LogP contribution in [0.5, 0.6) is 5.75 Å². The van der Waals surface area contributed by atoms with Crippen LogP contribution in [-0.4, -0.2) is 25.4 Å². The highest BCUT2D eigenvalue weighted by Crippen LogP contribution is 2.29. The Morgan fingerprint density at radius 3 is 2.37 bits per heavy atom. The second-order valence-electron chi connectivity index (χ2n) is 5.68. The fourth-order valence-electron chi connectivity index (χ4n) is 1.97. The first kappa shape index (κ1) is 15.8. The topological polar surface area (TPSA) is 41.5 Å². The number of rotatable bonds is 7. The smallest absolute Gasteiger partial charge is 0.142 e. The molecule has 0 aliphatic rings. The number of methoxy groups -OCH3 is 1. The number of hydrogen-bond acceptors (Lipinski definition) is 3. The minimum Gasteiger partial charge on any atom is -0.495 e. The first-order chi connectivity index (χ1) is 8.99. The lowest BCUT2D eigenvalue weighted by Gasteiger charge is -2.21. The molecule has 1 aromatic rings. The molecule has 0 bridgehead atoms. The maximum absolute atomic E-state index is 9.35. The summed E-state index contributed by atoms with van der Waals surface area (Å²) in [6.07, 6.45) is 0. The summed E-state index contributed by atoms with van der Waals surface area (Å²) >= 11 is 0. The van der Waals surface area contributed by atoms with E-state index in [1.165, 1.54) is 5.56 Å². The molecule has 0 saturated carbocycles. The molecule has 0 spiro atoms. The molecule has 0 aromatic heterocycles. The number of ether oxygens (including phenoxy) is 1. The molecule has 0 aliphatic heterocycles. The molecule has 3 heteroatoms. The Hall–Kier alpha value is -1.22. The van der Waals surface area contributed by atoms with Crippen LogP contribution in [0, 0.1) is 11.8 Å². The molecular weight excluding hydrogens is 238 g/mol. The second kappa shape index (κ2) is 7.39. The molecule has 0 radical (unpaired) electrons. The van der Waals surface area contributed by atoms with Crippen LogP contribution in [-0.2, 0) is 0 Å². The van der Waals surface area contributed by atoms with Gasteiger partial charge in [0.05, 0.1) is 12.8 Å². The van der Waals surface area contributed by atoms with Crippen LogP contribution >= 0.6 is 0 Å². The van der Waals surface area contributed by atoms with Gasteiger partial charge in [0.25, 0.3) is 0 Å². The third kappa shape index (κ3) is 4.43. The van der Waals surface area contributed by atoms with Crippen molar-refractivity contribution in [2.24, 2.45) is 11.8 Å². The largest absolute Gasteiger partial charge is 0.495 e. The normalized spacial score (nSPS) is 12.8. The number of anilines is 1. The predicted molar refractivity (Wildman–Crippen MR) is 81.0 cm³/mol. The van der Waals surface area contributed by atoms with E-state index in [1.807, 2.05) is 0 Å². The molecule has 3 nitrogen and oxygen atoms in total. The van der Waals surface area contributed by atoms with E-state index < -0.39 is 0 Å². The number of aliphatic hydroxyl groups excluding tert-OH is 1. The predicted octanol–water partition coefficient (Wildman–Crippen LogP) is 3.50. The number of benzene rings is 1. The maximum Gasteiger partial charge on any atom is 0.142 e. The fraction of sp³-hybridized carbons (Fsp3) is 0.625. The summed E-state index contributed by atoms with van der Waals surface area (Å²) < 4.78 is 5.44. The number of aliphatic hydroxyl groups is 1. The summed E-state index contributed by atoms with van der Waals surface area (Å²) in [7, 11) is 1.69. The Balaban J connectivity index is 2.78.